The van der Waals surface area contributed by atoms with Gasteiger partial charge in [0.2, 0.25) is 27.0 Å². The number of anilines is 1. The van der Waals surface area contributed by atoms with Crippen LogP contribution in [0.3, 0.4) is 0 Å². The minimum absolute atomic E-state index is 0.109. The molecule has 1 aromatic carbocycles. The predicted octanol–water partition coefficient (Wildman–Crippen LogP) is 1.56. The minimum Gasteiger partial charge on any atom is -0.351 e. The summed E-state index contributed by atoms with van der Waals surface area (Å²) in [6.45, 7) is 1.15. The third-order valence-corrected chi connectivity index (χ3v) is 7.86. The first-order valence-electron chi connectivity index (χ1n) is 9.34. The summed E-state index contributed by atoms with van der Waals surface area (Å²) in [6.07, 6.45) is 2.12. The van der Waals surface area contributed by atoms with Gasteiger partial charge in [0.15, 0.2) is 4.34 Å². The first-order chi connectivity index (χ1) is 14.3. The Balaban J connectivity index is 1.40. The SMILES string of the molecule is CS(=O)(=O)N1CCC(C(=O)Nc2nnc(SCC(=O)NCc3ccccc3)s2)CC1. The Morgan fingerprint density at radius 3 is 2.57 bits per heavy atom. The number of hydrogen-bond donors (Lipinski definition) is 2. The maximum absolute atomic E-state index is 12.4. The molecule has 0 aliphatic carbocycles. The van der Waals surface area contributed by atoms with Gasteiger partial charge in [-0.2, -0.15) is 0 Å². The fourth-order valence-corrected chi connectivity index (χ4v) is 5.41. The van der Waals surface area contributed by atoms with Gasteiger partial charge in [-0.3, -0.25) is 9.59 Å². The highest BCUT2D eigenvalue weighted by atomic mass is 32.2. The number of aromatic nitrogens is 2. The highest BCUT2D eigenvalue weighted by Crippen LogP contribution is 2.27. The zero-order chi connectivity index (χ0) is 21.6. The number of nitrogens with one attached hydrogen (secondary N) is 2. The zero-order valence-electron chi connectivity index (χ0n) is 16.4. The van der Waals surface area contributed by atoms with Crippen LogP contribution in [0.5, 0.6) is 0 Å². The van der Waals surface area contributed by atoms with Gasteiger partial charge in [-0.1, -0.05) is 53.4 Å². The second-order valence-corrected chi connectivity index (χ2v) is 11.0. The van der Waals surface area contributed by atoms with Gasteiger partial charge in [-0.05, 0) is 18.4 Å². The highest BCUT2D eigenvalue weighted by Gasteiger charge is 2.29. The summed E-state index contributed by atoms with van der Waals surface area (Å²) in [7, 11) is -3.22. The summed E-state index contributed by atoms with van der Waals surface area (Å²) in [5.41, 5.74) is 1.03. The lowest BCUT2D eigenvalue weighted by molar-refractivity contribution is -0.121. The normalized spacial score (nSPS) is 15.6. The summed E-state index contributed by atoms with van der Waals surface area (Å²) in [5.74, 6) is -0.343. The molecule has 1 aliphatic rings. The average Bonchev–Trinajstić information content (AvgIpc) is 3.18. The molecule has 0 bridgehead atoms. The molecular formula is C18H23N5O4S3. The van der Waals surface area contributed by atoms with Gasteiger partial charge in [0.25, 0.3) is 0 Å². The van der Waals surface area contributed by atoms with E-state index in [0.29, 0.717) is 41.9 Å². The Morgan fingerprint density at radius 2 is 1.90 bits per heavy atom. The van der Waals surface area contributed by atoms with Gasteiger partial charge < -0.3 is 10.6 Å². The third kappa shape index (κ3) is 6.76. The van der Waals surface area contributed by atoms with E-state index in [2.05, 4.69) is 20.8 Å². The van der Waals surface area contributed by atoms with E-state index in [9.17, 15) is 18.0 Å². The summed E-state index contributed by atoms with van der Waals surface area (Å²) in [4.78, 5) is 24.4. The van der Waals surface area contributed by atoms with Gasteiger partial charge in [-0.15, -0.1) is 10.2 Å². The minimum atomic E-state index is -3.22. The molecule has 0 spiro atoms. The smallest absolute Gasteiger partial charge is 0.230 e. The van der Waals surface area contributed by atoms with Gasteiger partial charge >= 0.3 is 0 Å². The number of sulfonamides is 1. The Hall–Kier alpha value is -2.02. The first-order valence-corrected chi connectivity index (χ1v) is 13.0. The lowest BCUT2D eigenvalue weighted by atomic mass is 9.97. The molecule has 3 rings (SSSR count). The van der Waals surface area contributed by atoms with E-state index < -0.39 is 10.0 Å². The first kappa shape index (κ1) is 22.7. The number of amides is 2. The standard InChI is InChI=1S/C18H23N5O4S3/c1-30(26,27)23-9-7-14(8-10-23)16(25)20-17-21-22-18(29-17)28-12-15(24)19-11-13-5-3-2-4-6-13/h2-6,14H,7-12H2,1H3,(H,19,24)(H,20,21,25). The van der Waals surface area contributed by atoms with Crippen molar-refractivity contribution in [1.29, 1.82) is 0 Å². The van der Waals surface area contributed by atoms with Crippen molar-refractivity contribution in [2.75, 3.05) is 30.4 Å². The van der Waals surface area contributed by atoms with E-state index in [4.69, 9.17) is 0 Å². The van der Waals surface area contributed by atoms with E-state index in [1.165, 1.54) is 33.7 Å². The maximum Gasteiger partial charge on any atom is 0.230 e. The Morgan fingerprint density at radius 1 is 1.20 bits per heavy atom. The molecule has 0 saturated carbocycles. The number of thioether (sulfide) groups is 1. The third-order valence-electron chi connectivity index (χ3n) is 4.59. The molecule has 30 heavy (non-hydrogen) atoms. The molecule has 0 atom stereocenters. The van der Waals surface area contributed by atoms with Crippen LogP contribution in [-0.4, -0.2) is 59.8 Å². The molecule has 1 saturated heterocycles. The highest BCUT2D eigenvalue weighted by molar-refractivity contribution is 8.01. The second kappa shape index (κ2) is 10.3. The number of benzene rings is 1. The van der Waals surface area contributed by atoms with Crippen LogP contribution in [0.15, 0.2) is 34.7 Å². The van der Waals surface area contributed by atoms with Gasteiger partial charge in [-0.25, -0.2) is 12.7 Å². The van der Waals surface area contributed by atoms with Crippen molar-refractivity contribution < 1.29 is 18.0 Å². The molecule has 2 amide bonds. The number of nitrogens with zero attached hydrogens (tertiary/aromatic N) is 3. The quantitative estimate of drug-likeness (QED) is 0.444. The van der Waals surface area contributed by atoms with E-state index in [1.807, 2.05) is 30.3 Å². The summed E-state index contributed by atoms with van der Waals surface area (Å²) in [5, 5.41) is 13.9. The Kier molecular flexibility index (Phi) is 7.81. The molecule has 0 radical (unpaired) electrons. The Labute approximate surface area is 183 Å². The van der Waals surface area contributed by atoms with Crippen molar-refractivity contribution in [3.8, 4) is 0 Å². The lowest BCUT2D eigenvalue weighted by Crippen LogP contribution is -2.40. The van der Waals surface area contributed by atoms with Crippen molar-refractivity contribution in [3.63, 3.8) is 0 Å². The summed E-state index contributed by atoms with van der Waals surface area (Å²) in [6, 6.07) is 9.65. The van der Waals surface area contributed by atoms with Crippen LogP contribution in [0, 0.1) is 5.92 Å². The van der Waals surface area contributed by atoms with Crippen LogP contribution < -0.4 is 10.6 Å². The molecule has 1 aromatic heterocycles. The van der Waals surface area contributed by atoms with Crippen LogP contribution in [-0.2, 0) is 26.2 Å². The summed E-state index contributed by atoms with van der Waals surface area (Å²) < 4.78 is 25.1. The van der Waals surface area contributed by atoms with Gasteiger partial charge in [0.1, 0.15) is 0 Å². The van der Waals surface area contributed by atoms with Crippen LogP contribution >= 0.6 is 23.1 Å². The molecule has 0 unspecified atom stereocenters. The van der Waals surface area contributed by atoms with Crippen LogP contribution in [0.25, 0.3) is 0 Å². The summed E-state index contributed by atoms with van der Waals surface area (Å²) >= 11 is 2.47. The second-order valence-electron chi connectivity index (χ2n) is 6.85. The van der Waals surface area contributed by atoms with Crippen LogP contribution in [0.4, 0.5) is 5.13 Å². The predicted molar refractivity (Wildman–Crippen MR) is 117 cm³/mol. The number of piperidine rings is 1. The van der Waals surface area contributed by atoms with Crippen molar-refractivity contribution in [3.05, 3.63) is 35.9 Å². The molecule has 1 fully saturated rings. The molecule has 9 nitrogen and oxygen atoms in total. The fraction of sp³-hybridized carbons (Fsp3) is 0.444. The van der Waals surface area contributed by atoms with Crippen molar-refractivity contribution in [2.45, 2.75) is 23.7 Å². The number of hydrogen-bond acceptors (Lipinski definition) is 8. The van der Waals surface area contributed by atoms with Crippen molar-refractivity contribution in [2.24, 2.45) is 5.92 Å². The van der Waals surface area contributed by atoms with E-state index in [0.717, 1.165) is 5.56 Å². The van der Waals surface area contributed by atoms with E-state index in [1.54, 1.807) is 0 Å². The largest absolute Gasteiger partial charge is 0.351 e. The molecule has 162 valence electrons. The van der Waals surface area contributed by atoms with Gasteiger partial charge in [0.05, 0.1) is 12.0 Å². The molecular weight excluding hydrogens is 446 g/mol. The molecule has 12 heteroatoms. The van der Waals surface area contributed by atoms with Crippen LogP contribution in [0.1, 0.15) is 18.4 Å². The molecule has 2 heterocycles. The fourth-order valence-electron chi connectivity index (χ4n) is 2.95. The number of rotatable bonds is 8. The van der Waals surface area contributed by atoms with Crippen molar-refractivity contribution >= 4 is 50.1 Å². The van der Waals surface area contributed by atoms with Crippen LogP contribution in [0.2, 0.25) is 0 Å². The van der Waals surface area contributed by atoms with E-state index >= 15 is 0 Å². The Bertz CT molecular complexity index is 973. The number of carbonyl (C=O) groups is 2. The van der Waals surface area contributed by atoms with E-state index in [-0.39, 0.29) is 23.5 Å². The monoisotopic (exact) mass is 469 g/mol. The molecule has 1 aliphatic heterocycles. The molecule has 2 aromatic rings. The average molecular weight is 470 g/mol. The molecule has 2 N–H and O–H groups in total. The lowest BCUT2D eigenvalue weighted by Gasteiger charge is -2.29. The van der Waals surface area contributed by atoms with Gasteiger partial charge in [0, 0.05) is 25.6 Å². The number of carbonyl (C=O) groups excluding carboxylic acids is 2. The maximum atomic E-state index is 12.4. The topological polar surface area (TPSA) is 121 Å². The zero-order valence-corrected chi connectivity index (χ0v) is 18.9. The van der Waals surface area contributed by atoms with Crippen molar-refractivity contribution in [1.82, 2.24) is 19.8 Å².